The topological polar surface area (TPSA) is 73.9 Å². The summed E-state index contributed by atoms with van der Waals surface area (Å²) in [5.41, 5.74) is 1.71. The molecule has 0 aromatic heterocycles. The van der Waals surface area contributed by atoms with E-state index in [4.69, 9.17) is 14.2 Å². The summed E-state index contributed by atoms with van der Waals surface area (Å²) in [4.78, 5) is 27.5. The Hall–Kier alpha value is -2.90. The van der Waals surface area contributed by atoms with E-state index in [0.717, 1.165) is 38.5 Å². The van der Waals surface area contributed by atoms with E-state index < -0.39 is 24.5 Å². The van der Waals surface area contributed by atoms with Crippen LogP contribution in [0.3, 0.4) is 0 Å². The number of dihydropyridines is 1. The van der Waals surface area contributed by atoms with Crippen LogP contribution in [-0.4, -0.2) is 31.8 Å². The van der Waals surface area contributed by atoms with Crippen LogP contribution in [0.15, 0.2) is 46.8 Å². The lowest BCUT2D eigenvalue weighted by Gasteiger charge is -2.31. The monoisotopic (exact) mass is 788 g/mol. The third-order valence-electron chi connectivity index (χ3n) is 11.1. The van der Waals surface area contributed by atoms with Gasteiger partial charge in [0.05, 0.1) is 30.3 Å². The first kappa shape index (κ1) is 49.2. The van der Waals surface area contributed by atoms with Gasteiger partial charge in [-0.15, -0.1) is 0 Å². The van der Waals surface area contributed by atoms with Gasteiger partial charge in [-0.25, -0.2) is 9.59 Å². The van der Waals surface area contributed by atoms with Crippen LogP contribution < -0.4 is 10.1 Å². The van der Waals surface area contributed by atoms with Gasteiger partial charge in [-0.1, -0.05) is 199 Å². The number of hydrogen-bond donors (Lipinski definition) is 1. The normalized spacial score (nSPS) is 13.4. The molecule has 1 N–H and O–H groups in total. The van der Waals surface area contributed by atoms with Gasteiger partial charge >= 0.3 is 18.6 Å². The zero-order valence-electron chi connectivity index (χ0n) is 36.0. The van der Waals surface area contributed by atoms with Gasteiger partial charge < -0.3 is 19.5 Å². The number of unbranched alkanes of at least 4 members (excludes halogenated alkanes) is 26. The van der Waals surface area contributed by atoms with Crippen LogP contribution >= 0.6 is 0 Å². The molecule has 2 rings (SSSR count). The number of benzene rings is 1. The highest BCUT2D eigenvalue weighted by Gasteiger charge is 2.39. The van der Waals surface area contributed by atoms with Gasteiger partial charge in [0.2, 0.25) is 0 Å². The standard InChI is InChI=1S/C48H79F2NO5/c1-5-7-9-11-13-15-17-19-21-23-25-27-29-33-37-54-46(52)43-39(3)51-40(4)44(45(43)41-35-31-32-36-42(41)56-48(49)50)47(53)55-38-34-30-28-26-24-22-20-18-16-14-12-10-8-6-2/h31-32,35-36,45,48,51H,5-30,33-34,37-38H2,1-4H3. The fraction of sp³-hybridized carbons (Fsp3) is 0.750. The molecular formula is C48H79F2NO5. The molecule has 0 spiro atoms. The van der Waals surface area contributed by atoms with Crippen molar-refractivity contribution in [2.45, 2.75) is 220 Å². The van der Waals surface area contributed by atoms with Crippen molar-refractivity contribution >= 4 is 11.9 Å². The molecule has 1 heterocycles. The lowest BCUT2D eigenvalue weighted by Crippen LogP contribution is -2.33. The largest absolute Gasteiger partial charge is 0.462 e. The second-order valence-corrected chi connectivity index (χ2v) is 16.0. The summed E-state index contributed by atoms with van der Waals surface area (Å²) < 4.78 is 43.6. The van der Waals surface area contributed by atoms with Crippen molar-refractivity contribution in [3.05, 3.63) is 52.4 Å². The van der Waals surface area contributed by atoms with E-state index in [1.807, 2.05) is 0 Å². The number of halogens is 2. The number of para-hydroxylation sites is 1. The fourth-order valence-electron chi connectivity index (χ4n) is 7.85. The number of hydrogen-bond acceptors (Lipinski definition) is 6. The van der Waals surface area contributed by atoms with Gasteiger partial charge in [-0.3, -0.25) is 0 Å². The number of alkyl halides is 2. The number of carbonyl (C=O) groups is 2. The predicted octanol–water partition coefficient (Wildman–Crippen LogP) is 14.6. The first-order valence-electron chi connectivity index (χ1n) is 22.9. The summed E-state index contributed by atoms with van der Waals surface area (Å²) in [6, 6.07) is 6.34. The number of ether oxygens (including phenoxy) is 3. The van der Waals surface area contributed by atoms with E-state index in [9.17, 15) is 18.4 Å². The summed E-state index contributed by atoms with van der Waals surface area (Å²) in [5, 5.41) is 3.18. The van der Waals surface area contributed by atoms with E-state index in [2.05, 4.69) is 19.2 Å². The molecule has 0 bridgehead atoms. The minimum Gasteiger partial charge on any atom is -0.462 e. The molecule has 0 amide bonds. The van der Waals surface area contributed by atoms with Crippen LogP contribution in [0.5, 0.6) is 5.75 Å². The first-order valence-corrected chi connectivity index (χ1v) is 22.9. The maximum atomic E-state index is 13.8. The summed E-state index contributed by atoms with van der Waals surface area (Å²) in [5.74, 6) is -2.24. The van der Waals surface area contributed by atoms with Crippen LogP contribution in [0.4, 0.5) is 8.78 Å². The number of rotatable bonds is 35. The number of allylic oxidation sites excluding steroid dienone is 2. The van der Waals surface area contributed by atoms with E-state index in [1.54, 1.807) is 32.0 Å². The third kappa shape index (κ3) is 21.0. The molecule has 56 heavy (non-hydrogen) atoms. The predicted molar refractivity (Wildman–Crippen MR) is 227 cm³/mol. The van der Waals surface area contributed by atoms with Crippen molar-refractivity contribution in [2.24, 2.45) is 0 Å². The fourth-order valence-corrected chi connectivity index (χ4v) is 7.85. The SMILES string of the molecule is CCCCCCCCCCCCCCCCOC(=O)C1=C(C)NC(C)=C(C(=O)OCCCCCCCCCCCCCCCC)C1c1ccccc1OC(F)F. The van der Waals surface area contributed by atoms with Gasteiger partial charge in [0, 0.05) is 17.0 Å². The van der Waals surface area contributed by atoms with Crippen molar-refractivity contribution in [1.82, 2.24) is 5.32 Å². The van der Waals surface area contributed by atoms with Crippen LogP contribution in [-0.2, 0) is 19.1 Å². The molecule has 0 fully saturated rings. The van der Waals surface area contributed by atoms with Gasteiger partial charge in [-0.2, -0.15) is 8.78 Å². The van der Waals surface area contributed by atoms with Crippen molar-refractivity contribution in [2.75, 3.05) is 13.2 Å². The van der Waals surface area contributed by atoms with Crippen LogP contribution in [0, 0.1) is 0 Å². The average Bonchev–Trinajstić information content (AvgIpc) is 3.17. The molecule has 1 aliphatic heterocycles. The lowest BCUT2D eigenvalue weighted by atomic mass is 9.80. The Morgan fingerprint density at radius 2 is 0.857 bits per heavy atom. The van der Waals surface area contributed by atoms with E-state index in [1.165, 1.54) is 147 Å². The summed E-state index contributed by atoms with van der Waals surface area (Å²) in [7, 11) is 0. The Kier molecular flexibility index (Phi) is 28.2. The molecule has 0 radical (unpaired) electrons. The molecule has 320 valence electrons. The highest BCUT2D eigenvalue weighted by atomic mass is 19.3. The molecule has 0 aliphatic carbocycles. The van der Waals surface area contributed by atoms with Gasteiger partial charge in [0.25, 0.3) is 0 Å². The highest BCUT2D eigenvalue weighted by molar-refractivity contribution is 6.00. The van der Waals surface area contributed by atoms with Crippen molar-refractivity contribution in [3.63, 3.8) is 0 Å². The summed E-state index contributed by atoms with van der Waals surface area (Å²) >= 11 is 0. The lowest BCUT2D eigenvalue weighted by molar-refractivity contribution is -0.140. The zero-order valence-corrected chi connectivity index (χ0v) is 36.0. The smallest absolute Gasteiger partial charge is 0.387 e. The van der Waals surface area contributed by atoms with Crippen molar-refractivity contribution in [3.8, 4) is 5.75 Å². The second kappa shape index (κ2) is 32.1. The minimum atomic E-state index is -3.07. The molecule has 0 atom stereocenters. The molecule has 1 aliphatic rings. The molecule has 0 saturated heterocycles. The molecule has 1 aromatic carbocycles. The minimum absolute atomic E-state index is 0.0930. The average molecular weight is 788 g/mol. The van der Waals surface area contributed by atoms with E-state index in [-0.39, 0.29) is 30.1 Å². The van der Waals surface area contributed by atoms with Crippen LogP contribution in [0.1, 0.15) is 219 Å². The Morgan fingerprint density at radius 1 is 0.536 bits per heavy atom. The number of carbonyl (C=O) groups excluding carboxylic acids is 2. The van der Waals surface area contributed by atoms with Crippen molar-refractivity contribution < 1.29 is 32.6 Å². The Balaban J connectivity index is 1.86. The molecule has 6 nitrogen and oxygen atoms in total. The van der Waals surface area contributed by atoms with Crippen molar-refractivity contribution in [1.29, 1.82) is 0 Å². The Morgan fingerprint density at radius 3 is 1.20 bits per heavy atom. The quantitative estimate of drug-likeness (QED) is 0.0545. The molecule has 0 unspecified atom stereocenters. The maximum absolute atomic E-state index is 13.8. The third-order valence-corrected chi connectivity index (χ3v) is 11.1. The van der Waals surface area contributed by atoms with Gasteiger partial charge in [0.1, 0.15) is 5.75 Å². The number of nitrogens with one attached hydrogen (secondary N) is 1. The molecular weight excluding hydrogens is 709 g/mol. The highest BCUT2D eigenvalue weighted by Crippen LogP contribution is 2.43. The van der Waals surface area contributed by atoms with Crippen LogP contribution in [0.2, 0.25) is 0 Å². The van der Waals surface area contributed by atoms with Gasteiger partial charge in [0.15, 0.2) is 0 Å². The number of esters is 2. The van der Waals surface area contributed by atoms with Gasteiger partial charge in [-0.05, 0) is 32.8 Å². The Bertz CT molecular complexity index is 1190. The first-order chi connectivity index (χ1) is 27.3. The summed E-state index contributed by atoms with van der Waals surface area (Å²) in [6.45, 7) is 5.42. The Labute approximate surface area is 340 Å². The molecule has 1 aromatic rings. The zero-order chi connectivity index (χ0) is 40.6. The maximum Gasteiger partial charge on any atom is 0.387 e. The van der Waals surface area contributed by atoms with Crippen LogP contribution in [0.25, 0.3) is 0 Å². The summed E-state index contributed by atoms with van der Waals surface area (Å²) in [6.07, 6.45) is 34.5. The second-order valence-electron chi connectivity index (χ2n) is 16.0. The molecule has 8 heteroatoms. The van der Waals surface area contributed by atoms with E-state index >= 15 is 0 Å². The van der Waals surface area contributed by atoms with E-state index in [0.29, 0.717) is 17.0 Å². The molecule has 0 saturated carbocycles.